The van der Waals surface area contributed by atoms with Crippen molar-refractivity contribution in [2.24, 2.45) is 5.73 Å². The topological polar surface area (TPSA) is 71.2 Å². The SMILES string of the molecule is Cc1cccc(CN(C)C(CN)CC(=O)NC(C)(C)C)n1. The van der Waals surface area contributed by atoms with E-state index in [0.29, 0.717) is 19.5 Å². The van der Waals surface area contributed by atoms with Crippen LogP contribution in [0.15, 0.2) is 18.2 Å². The molecule has 1 aromatic rings. The van der Waals surface area contributed by atoms with Crippen molar-refractivity contribution >= 4 is 5.91 Å². The lowest BCUT2D eigenvalue weighted by Gasteiger charge is -2.28. The number of carbonyl (C=O) groups is 1. The molecule has 0 fully saturated rings. The molecule has 1 amide bonds. The highest BCUT2D eigenvalue weighted by molar-refractivity contribution is 5.77. The standard InChI is InChI=1S/C16H28N4O/c1-12-7-6-8-13(18-12)11-20(5)14(10-17)9-15(21)19-16(2,3)4/h6-8,14H,9-11,17H2,1-5H3,(H,19,21). The molecule has 0 aliphatic carbocycles. The Labute approximate surface area is 127 Å². The van der Waals surface area contributed by atoms with E-state index in [1.807, 2.05) is 52.9 Å². The molecule has 0 saturated carbocycles. The summed E-state index contributed by atoms with van der Waals surface area (Å²) in [6.07, 6.45) is 0.399. The maximum absolute atomic E-state index is 12.0. The number of aryl methyl sites for hydroxylation is 1. The molecule has 118 valence electrons. The van der Waals surface area contributed by atoms with Gasteiger partial charge in [-0.3, -0.25) is 14.7 Å². The largest absolute Gasteiger partial charge is 0.351 e. The van der Waals surface area contributed by atoms with Crippen molar-refractivity contribution in [2.45, 2.75) is 52.2 Å². The number of pyridine rings is 1. The molecule has 0 aromatic carbocycles. The third-order valence-corrected chi connectivity index (χ3v) is 3.19. The fraction of sp³-hybridized carbons (Fsp3) is 0.625. The van der Waals surface area contributed by atoms with E-state index < -0.39 is 0 Å². The fourth-order valence-electron chi connectivity index (χ4n) is 2.17. The molecule has 5 nitrogen and oxygen atoms in total. The maximum atomic E-state index is 12.0. The Balaban J connectivity index is 2.61. The molecule has 1 atom stereocenters. The van der Waals surface area contributed by atoms with Gasteiger partial charge in [0.15, 0.2) is 0 Å². The first-order chi connectivity index (χ1) is 9.71. The number of nitrogens with two attached hydrogens (primary N) is 1. The van der Waals surface area contributed by atoms with E-state index in [-0.39, 0.29) is 17.5 Å². The molecule has 0 aliphatic rings. The summed E-state index contributed by atoms with van der Waals surface area (Å²) in [4.78, 5) is 18.6. The van der Waals surface area contributed by atoms with Gasteiger partial charge in [0.1, 0.15) is 0 Å². The molecule has 5 heteroatoms. The van der Waals surface area contributed by atoms with Crippen LogP contribution in [0.5, 0.6) is 0 Å². The second-order valence-electron chi connectivity index (χ2n) is 6.58. The molecule has 0 saturated heterocycles. The summed E-state index contributed by atoms with van der Waals surface area (Å²) in [6.45, 7) is 9.03. The summed E-state index contributed by atoms with van der Waals surface area (Å²) >= 11 is 0. The minimum absolute atomic E-state index is 0.00895. The van der Waals surface area contributed by atoms with Crippen LogP contribution in [-0.2, 0) is 11.3 Å². The zero-order valence-corrected chi connectivity index (χ0v) is 13.8. The number of nitrogens with one attached hydrogen (secondary N) is 1. The predicted molar refractivity (Wildman–Crippen MR) is 85.8 cm³/mol. The molecule has 1 aromatic heterocycles. The van der Waals surface area contributed by atoms with Crippen LogP contribution in [0.3, 0.4) is 0 Å². The zero-order chi connectivity index (χ0) is 16.0. The van der Waals surface area contributed by atoms with Crippen molar-refractivity contribution in [1.29, 1.82) is 0 Å². The van der Waals surface area contributed by atoms with E-state index >= 15 is 0 Å². The summed E-state index contributed by atoms with van der Waals surface area (Å²) in [5.41, 5.74) is 7.60. The molecule has 1 rings (SSSR count). The Morgan fingerprint density at radius 1 is 1.43 bits per heavy atom. The van der Waals surface area contributed by atoms with Crippen LogP contribution in [0, 0.1) is 6.92 Å². The summed E-state index contributed by atoms with van der Waals surface area (Å²) in [6, 6.07) is 5.97. The average Bonchev–Trinajstić information content (AvgIpc) is 2.33. The lowest BCUT2D eigenvalue weighted by molar-refractivity contribution is -0.123. The average molecular weight is 292 g/mol. The maximum Gasteiger partial charge on any atom is 0.222 e. The fourth-order valence-corrected chi connectivity index (χ4v) is 2.17. The Kier molecular flexibility index (Phi) is 6.30. The summed E-state index contributed by atoms with van der Waals surface area (Å²) in [5.74, 6) is 0.0296. The van der Waals surface area contributed by atoms with Gasteiger partial charge in [0.2, 0.25) is 5.91 Å². The van der Waals surface area contributed by atoms with Gasteiger partial charge >= 0.3 is 0 Å². The number of amides is 1. The monoisotopic (exact) mass is 292 g/mol. The van der Waals surface area contributed by atoms with Crippen LogP contribution in [0.2, 0.25) is 0 Å². The number of carbonyl (C=O) groups excluding carboxylic acids is 1. The van der Waals surface area contributed by atoms with Gasteiger partial charge in [0.05, 0.1) is 5.69 Å². The van der Waals surface area contributed by atoms with E-state index in [2.05, 4.69) is 15.2 Å². The molecule has 0 spiro atoms. The molecular formula is C16H28N4O. The van der Waals surface area contributed by atoms with Crippen molar-refractivity contribution in [2.75, 3.05) is 13.6 Å². The van der Waals surface area contributed by atoms with Crippen LogP contribution < -0.4 is 11.1 Å². The lowest BCUT2D eigenvalue weighted by Crippen LogP contribution is -2.46. The predicted octanol–water partition coefficient (Wildman–Crippen LogP) is 1.45. The van der Waals surface area contributed by atoms with Crippen molar-refractivity contribution in [1.82, 2.24) is 15.2 Å². The first-order valence-electron chi connectivity index (χ1n) is 7.35. The van der Waals surface area contributed by atoms with E-state index in [0.717, 1.165) is 11.4 Å². The number of aromatic nitrogens is 1. The number of rotatable bonds is 6. The molecule has 0 bridgehead atoms. The van der Waals surface area contributed by atoms with Crippen LogP contribution >= 0.6 is 0 Å². The van der Waals surface area contributed by atoms with Crippen LogP contribution in [0.25, 0.3) is 0 Å². The third kappa shape index (κ3) is 6.69. The second-order valence-corrected chi connectivity index (χ2v) is 6.58. The minimum Gasteiger partial charge on any atom is -0.351 e. The van der Waals surface area contributed by atoms with E-state index in [1.54, 1.807) is 0 Å². The summed E-state index contributed by atoms with van der Waals surface area (Å²) < 4.78 is 0. The van der Waals surface area contributed by atoms with Gasteiger partial charge in [0, 0.05) is 36.8 Å². The molecule has 3 N–H and O–H groups in total. The van der Waals surface area contributed by atoms with Crippen molar-refractivity contribution in [3.8, 4) is 0 Å². The number of likely N-dealkylation sites (N-methyl/N-ethyl adjacent to an activating group) is 1. The van der Waals surface area contributed by atoms with Crippen LogP contribution in [-0.4, -0.2) is 41.0 Å². The van der Waals surface area contributed by atoms with E-state index in [1.165, 1.54) is 0 Å². The summed E-state index contributed by atoms with van der Waals surface area (Å²) in [7, 11) is 1.98. The molecule has 0 radical (unpaired) electrons. The zero-order valence-electron chi connectivity index (χ0n) is 13.8. The van der Waals surface area contributed by atoms with Gasteiger partial charge in [0.25, 0.3) is 0 Å². The van der Waals surface area contributed by atoms with Crippen LogP contribution in [0.1, 0.15) is 38.6 Å². The van der Waals surface area contributed by atoms with E-state index in [9.17, 15) is 4.79 Å². The van der Waals surface area contributed by atoms with Gasteiger partial charge < -0.3 is 11.1 Å². The Morgan fingerprint density at radius 2 is 2.10 bits per heavy atom. The Hall–Kier alpha value is -1.46. The highest BCUT2D eigenvalue weighted by atomic mass is 16.1. The first kappa shape index (κ1) is 17.6. The Bertz CT molecular complexity index is 468. The van der Waals surface area contributed by atoms with Gasteiger partial charge in [-0.05, 0) is 46.9 Å². The normalized spacial score (nSPS) is 13.3. The second kappa shape index (κ2) is 7.52. The Morgan fingerprint density at radius 3 is 2.62 bits per heavy atom. The first-order valence-corrected chi connectivity index (χ1v) is 7.35. The smallest absolute Gasteiger partial charge is 0.222 e. The highest BCUT2D eigenvalue weighted by Crippen LogP contribution is 2.08. The van der Waals surface area contributed by atoms with Gasteiger partial charge in [-0.1, -0.05) is 6.07 Å². The number of hydrogen-bond donors (Lipinski definition) is 2. The number of nitrogens with zero attached hydrogens (tertiary/aromatic N) is 2. The van der Waals surface area contributed by atoms with Gasteiger partial charge in [-0.2, -0.15) is 0 Å². The van der Waals surface area contributed by atoms with Crippen molar-refractivity contribution in [3.63, 3.8) is 0 Å². The highest BCUT2D eigenvalue weighted by Gasteiger charge is 2.20. The van der Waals surface area contributed by atoms with Gasteiger partial charge in [-0.15, -0.1) is 0 Å². The van der Waals surface area contributed by atoms with Crippen molar-refractivity contribution < 1.29 is 4.79 Å². The quantitative estimate of drug-likeness (QED) is 0.832. The minimum atomic E-state index is -0.215. The third-order valence-electron chi connectivity index (χ3n) is 3.19. The number of hydrogen-bond acceptors (Lipinski definition) is 4. The van der Waals surface area contributed by atoms with Gasteiger partial charge in [-0.25, -0.2) is 0 Å². The van der Waals surface area contributed by atoms with Crippen LogP contribution in [0.4, 0.5) is 0 Å². The molecule has 21 heavy (non-hydrogen) atoms. The molecule has 1 unspecified atom stereocenters. The lowest BCUT2D eigenvalue weighted by atomic mass is 10.1. The van der Waals surface area contributed by atoms with E-state index in [4.69, 9.17) is 5.73 Å². The molecule has 1 heterocycles. The molecule has 0 aliphatic heterocycles. The van der Waals surface area contributed by atoms with Crippen molar-refractivity contribution in [3.05, 3.63) is 29.6 Å². The molecular weight excluding hydrogens is 264 g/mol. The summed E-state index contributed by atoms with van der Waals surface area (Å²) in [5, 5.41) is 2.97.